The first-order valence-corrected chi connectivity index (χ1v) is 6.82. The Bertz CT molecular complexity index is 487. The molecule has 2 atom stereocenters. The molecule has 6 heteroatoms. The van der Waals surface area contributed by atoms with Crippen molar-refractivity contribution in [3.8, 4) is 11.9 Å². The summed E-state index contributed by atoms with van der Waals surface area (Å²) in [6.45, 7) is 3.74. The Morgan fingerprint density at radius 2 is 2.45 bits per heavy atom. The lowest BCUT2D eigenvalue weighted by atomic mass is 10.2. The molecule has 2 rings (SSSR count). The maximum atomic E-state index is 9.22. The van der Waals surface area contributed by atoms with E-state index in [0.29, 0.717) is 30.4 Å². The van der Waals surface area contributed by atoms with Gasteiger partial charge in [0.2, 0.25) is 5.88 Å². The van der Waals surface area contributed by atoms with E-state index in [2.05, 4.69) is 6.07 Å². The summed E-state index contributed by atoms with van der Waals surface area (Å²) in [7, 11) is 1.62. The number of nitrogens with two attached hydrogens (primary N) is 1. The van der Waals surface area contributed by atoms with Gasteiger partial charge in [-0.15, -0.1) is 0 Å². The van der Waals surface area contributed by atoms with Crippen LogP contribution < -0.4 is 10.5 Å². The van der Waals surface area contributed by atoms with Gasteiger partial charge in [0, 0.05) is 19.8 Å². The van der Waals surface area contributed by atoms with Crippen LogP contribution in [0.5, 0.6) is 5.88 Å². The second-order valence-electron chi connectivity index (χ2n) is 5.03. The van der Waals surface area contributed by atoms with E-state index < -0.39 is 0 Å². The van der Waals surface area contributed by atoms with Crippen LogP contribution in [0.15, 0.2) is 6.07 Å². The van der Waals surface area contributed by atoms with Crippen molar-refractivity contribution in [1.82, 2.24) is 4.57 Å². The second kappa shape index (κ2) is 6.64. The normalized spacial score (nSPS) is 19.8. The molecule has 0 saturated carbocycles. The highest BCUT2D eigenvalue weighted by molar-refractivity contribution is 5.55. The van der Waals surface area contributed by atoms with Crippen molar-refractivity contribution in [3.63, 3.8) is 0 Å². The zero-order valence-electron chi connectivity index (χ0n) is 12.0. The minimum Gasteiger partial charge on any atom is -0.472 e. The van der Waals surface area contributed by atoms with Gasteiger partial charge in [0.25, 0.3) is 0 Å². The topological polar surface area (TPSA) is 82.4 Å². The molecular weight excluding hydrogens is 258 g/mol. The van der Waals surface area contributed by atoms with Gasteiger partial charge < -0.3 is 19.9 Å². The summed E-state index contributed by atoms with van der Waals surface area (Å²) in [6, 6.07) is 3.79. The monoisotopic (exact) mass is 279 g/mol. The molecule has 1 fully saturated rings. The summed E-state index contributed by atoms with van der Waals surface area (Å²) in [6.07, 6.45) is 2.04. The van der Waals surface area contributed by atoms with Gasteiger partial charge in [-0.3, -0.25) is 4.57 Å². The maximum Gasteiger partial charge on any atom is 0.218 e. The van der Waals surface area contributed by atoms with Crippen molar-refractivity contribution in [1.29, 1.82) is 5.26 Å². The number of nitriles is 1. The Morgan fingerprint density at radius 3 is 3.05 bits per heavy atom. The average Bonchev–Trinajstić information content (AvgIpc) is 3.02. The first-order valence-electron chi connectivity index (χ1n) is 6.82. The molecule has 2 N–H and O–H groups in total. The van der Waals surface area contributed by atoms with Gasteiger partial charge in [-0.05, 0) is 19.8 Å². The fourth-order valence-electron chi connectivity index (χ4n) is 2.41. The van der Waals surface area contributed by atoms with E-state index in [0.717, 1.165) is 19.4 Å². The molecule has 1 aliphatic rings. The van der Waals surface area contributed by atoms with Gasteiger partial charge in [-0.25, -0.2) is 0 Å². The van der Waals surface area contributed by atoms with E-state index in [4.69, 9.17) is 19.9 Å². The van der Waals surface area contributed by atoms with Crippen LogP contribution in [0.25, 0.3) is 0 Å². The molecule has 1 aromatic heterocycles. The van der Waals surface area contributed by atoms with Gasteiger partial charge in [-0.1, -0.05) is 0 Å². The zero-order chi connectivity index (χ0) is 14.5. The van der Waals surface area contributed by atoms with Crippen LogP contribution in [-0.4, -0.2) is 37.1 Å². The molecule has 6 nitrogen and oxygen atoms in total. The molecule has 110 valence electrons. The Balaban J connectivity index is 2.20. The van der Waals surface area contributed by atoms with E-state index in [-0.39, 0.29) is 12.2 Å². The predicted octanol–water partition coefficient (Wildman–Crippen LogP) is 1.53. The number of hydrogen-bond acceptors (Lipinski definition) is 5. The molecule has 1 aliphatic heterocycles. The van der Waals surface area contributed by atoms with Crippen molar-refractivity contribution < 1.29 is 14.2 Å². The van der Waals surface area contributed by atoms with Crippen molar-refractivity contribution in [2.75, 3.05) is 26.1 Å². The molecule has 0 amide bonds. The minimum absolute atomic E-state index is 0.119. The summed E-state index contributed by atoms with van der Waals surface area (Å²) in [4.78, 5) is 0. The summed E-state index contributed by atoms with van der Waals surface area (Å²) in [5.74, 6) is 0.529. The van der Waals surface area contributed by atoms with Crippen LogP contribution in [0.1, 0.15) is 25.5 Å². The number of hydrogen-bond donors (Lipinski definition) is 1. The largest absolute Gasteiger partial charge is 0.472 e. The quantitative estimate of drug-likeness (QED) is 0.854. The SMILES string of the molecule is COC[C@H](C)Oc1c(N)cc(C#N)n1C[C@@H]1CCCO1. The number of methoxy groups -OCH3 is 1. The van der Waals surface area contributed by atoms with E-state index in [1.54, 1.807) is 17.7 Å². The highest BCUT2D eigenvalue weighted by Crippen LogP contribution is 2.29. The molecular formula is C14H21N3O3. The zero-order valence-corrected chi connectivity index (χ0v) is 12.0. The van der Waals surface area contributed by atoms with Crippen molar-refractivity contribution in [2.45, 2.75) is 38.5 Å². The average molecular weight is 279 g/mol. The Kier molecular flexibility index (Phi) is 4.88. The van der Waals surface area contributed by atoms with Gasteiger partial charge in [-0.2, -0.15) is 5.26 Å². The van der Waals surface area contributed by atoms with Crippen LogP contribution in [-0.2, 0) is 16.0 Å². The number of nitrogen functional groups attached to an aromatic ring is 1. The lowest BCUT2D eigenvalue weighted by Crippen LogP contribution is -2.23. The third-order valence-electron chi connectivity index (χ3n) is 3.31. The van der Waals surface area contributed by atoms with Gasteiger partial charge in [0.05, 0.1) is 24.9 Å². The Morgan fingerprint density at radius 1 is 1.65 bits per heavy atom. The predicted molar refractivity (Wildman–Crippen MR) is 74.5 cm³/mol. The van der Waals surface area contributed by atoms with Crippen LogP contribution in [0, 0.1) is 11.3 Å². The number of aromatic nitrogens is 1. The van der Waals surface area contributed by atoms with Crippen LogP contribution in [0.2, 0.25) is 0 Å². The van der Waals surface area contributed by atoms with Crippen LogP contribution in [0.3, 0.4) is 0 Å². The maximum absolute atomic E-state index is 9.22. The molecule has 1 aromatic rings. The number of anilines is 1. The van der Waals surface area contributed by atoms with Crippen molar-refractivity contribution in [3.05, 3.63) is 11.8 Å². The highest BCUT2D eigenvalue weighted by Gasteiger charge is 2.22. The first kappa shape index (κ1) is 14.7. The molecule has 0 aliphatic carbocycles. The van der Waals surface area contributed by atoms with Crippen molar-refractivity contribution in [2.24, 2.45) is 0 Å². The Hall–Kier alpha value is -1.71. The smallest absolute Gasteiger partial charge is 0.218 e. The summed E-state index contributed by atoms with van der Waals surface area (Å²) in [5.41, 5.74) is 6.93. The molecule has 0 radical (unpaired) electrons. The summed E-state index contributed by atoms with van der Waals surface area (Å²) < 4.78 is 18.3. The van der Waals surface area contributed by atoms with Crippen LogP contribution >= 0.6 is 0 Å². The van der Waals surface area contributed by atoms with E-state index in [9.17, 15) is 5.26 Å². The minimum atomic E-state index is -0.132. The molecule has 1 saturated heterocycles. The lowest BCUT2D eigenvalue weighted by molar-refractivity contribution is 0.0750. The fourth-order valence-corrected chi connectivity index (χ4v) is 2.41. The van der Waals surface area contributed by atoms with E-state index in [1.165, 1.54) is 0 Å². The fraction of sp³-hybridized carbons (Fsp3) is 0.643. The highest BCUT2D eigenvalue weighted by atomic mass is 16.5. The molecule has 0 spiro atoms. The van der Waals surface area contributed by atoms with Crippen molar-refractivity contribution >= 4 is 5.69 Å². The first-order chi connectivity index (χ1) is 9.65. The van der Waals surface area contributed by atoms with Gasteiger partial charge >= 0.3 is 0 Å². The van der Waals surface area contributed by atoms with Gasteiger partial charge in [0.1, 0.15) is 17.9 Å². The second-order valence-corrected chi connectivity index (χ2v) is 5.03. The molecule has 0 bridgehead atoms. The number of nitrogens with zero attached hydrogens (tertiary/aromatic N) is 2. The molecule has 2 heterocycles. The summed E-state index contributed by atoms with van der Waals surface area (Å²) in [5, 5.41) is 9.22. The van der Waals surface area contributed by atoms with E-state index in [1.807, 2.05) is 6.92 Å². The van der Waals surface area contributed by atoms with Crippen LogP contribution in [0.4, 0.5) is 5.69 Å². The molecule has 0 aromatic carbocycles. The summed E-state index contributed by atoms with van der Waals surface area (Å²) >= 11 is 0. The standard InChI is InChI=1S/C14H21N3O3/c1-10(9-18-2)20-14-13(16)6-11(7-15)17(14)8-12-4-3-5-19-12/h6,10,12H,3-5,8-9,16H2,1-2H3/t10-,12-/m0/s1. The molecule has 20 heavy (non-hydrogen) atoms. The molecule has 0 unspecified atom stereocenters. The number of ether oxygens (including phenoxy) is 3. The van der Waals surface area contributed by atoms with Gasteiger partial charge in [0.15, 0.2) is 0 Å². The lowest BCUT2D eigenvalue weighted by Gasteiger charge is -2.19. The third-order valence-corrected chi connectivity index (χ3v) is 3.31. The number of rotatable bonds is 6. The van der Waals surface area contributed by atoms with E-state index >= 15 is 0 Å². The third kappa shape index (κ3) is 3.24. The Labute approximate surface area is 119 Å².